The molecule has 1 aliphatic rings. The van der Waals surface area contributed by atoms with E-state index < -0.39 is 0 Å². The number of hydrogen-bond acceptors (Lipinski definition) is 2. The van der Waals surface area contributed by atoms with Crippen molar-refractivity contribution in [1.29, 1.82) is 0 Å². The average molecular weight is 238 g/mol. The zero-order valence-electron chi connectivity index (χ0n) is 9.19. The molecule has 0 unspecified atom stereocenters. The highest BCUT2D eigenvalue weighted by molar-refractivity contribution is 6.28. The third kappa shape index (κ3) is 2.47. The topological polar surface area (TPSA) is 41.6 Å². The third-order valence-electron chi connectivity index (χ3n) is 2.73. The second-order valence-electron chi connectivity index (χ2n) is 3.92. The second kappa shape index (κ2) is 5.21. The quantitative estimate of drug-likeness (QED) is 0.499. The van der Waals surface area contributed by atoms with Crippen LogP contribution >= 0.6 is 11.6 Å². The number of nitrogens with zero attached hydrogens (tertiary/aromatic N) is 2. The van der Waals surface area contributed by atoms with E-state index >= 15 is 0 Å². The van der Waals surface area contributed by atoms with Crippen LogP contribution in [-0.2, 0) is 0 Å². The van der Waals surface area contributed by atoms with Gasteiger partial charge in [0.15, 0.2) is 0 Å². The van der Waals surface area contributed by atoms with Crippen LogP contribution in [0, 0.1) is 0 Å². The average Bonchev–Trinajstić information content (AvgIpc) is 2.83. The Morgan fingerprint density at radius 2 is 2.00 bits per heavy atom. The molecule has 1 saturated heterocycles. The molecule has 0 radical (unpaired) electrons. The van der Waals surface area contributed by atoms with Crippen LogP contribution in [0.4, 0.5) is 11.4 Å². The van der Waals surface area contributed by atoms with Gasteiger partial charge in [0.25, 0.3) is 0 Å². The zero-order chi connectivity index (χ0) is 11.4. The lowest BCUT2D eigenvalue weighted by atomic mass is 10.2. The lowest BCUT2D eigenvalue weighted by Crippen LogP contribution is -2.18. The number of anilines is 1. The molecule has 0 saturated carbocycles. The Balaban J connectivity index is 2.29. The van der Waals surface area contributed by atoms with Crippen molar-refractivity contribution in [2.75, 3.05) is 23.9 Å². The maximum absolute atomic E-state index is 5.67. The normalized spacial score (nSPS) is 16.8. The summed E-state index contributed by atoms with van der Waals surface area (Å²) in [6, 6.07) is 8.07. The smallest absolute Gasteiger partial charge is 0.115 e. The highest BCUT2D eigenvalue weighted by Gasteiger charge is 2.14. The molecule has 16 heavy (non-hydrogen) atoms. The van der Waals surface area contributed by atoms with E-state index in [1.54, 1.807) is 0 Å². The van der Waals surface area contributed by atoms with Crippen LogP contribution < -0.4 is 10.6 Å². The van der Waals surface area contributed by atoms with Crippen molar-refractivity contribution in [1.82, 2.24) is 0 Å². The van der Waals surface area contributed by atoms with E-state index in [1.807, 2.05) is 18.2 Å². The predicted molar refractivity (Wildman–Crippen MR) is 69.9 cm³/mol. The van der Waals surface area contributed by atoms with Crippen LogP contribution in [0.3, 0.4) is 0 Å². The van der Waals surface area contributed by atoms with E-state index in [2.05, 4.69) is 16.0 Å². The molecule has 3 nitrogen and oxygen atoms in total. The maximum Gasteiger partial charge on any atom is 0.115 e. The molecule has 1 fully saturated rings. The molecule has 4 heteroatoms. The molecule has 0 aliphatic carbocycles. The van der Waals surface area contributed by atoms with Gasteiger partial charge in [-0.1, -0.05) is 12.1 Å². The molecule has 0 bridgehead atoms. The minimum absolute atomic E-state index is 0.272. The Morgan fingerprint density at radius 1 is 1.31 bits per heavy atom. The molecule has 86 valence electrons. The van der Waals surface area contributed by atoms with E-state index in [4.69, 9.17) is 17.3 Å². The Morgan fingerprint density at radius 3 is 2.69 bits per heavy atom. The molecular weight excluding hydrogens is 222 g/mol. The standard InChI is InChI=1S/C12H16ClN3/c13-9-12(14)15-10-5-1-2-6-11(10)16-7-3-4-8-16/h1-2,5-6H,3-4,7-9H2,(H2,14,15). The predicted octanol–water partition coefficient (Wildman–Crippen LogP) is 2.51. The minimum atomic E-state index is 0.272. The Hall–Kier alpha value is -1.22. The Bertz CT molecular complexity index is 384. The van der Waals surface area contributed by atoms with Gasteiger partial charge in [-0.15, -0.1) is 11.6 Å². The van der Waals surface area contributed by atoms with Gasteiger partial charge in [-0.2, -0.15) is 0 Å². The van der Waals surface area contributed by atoms with Crippen LogP contribution in [-0.4, -0.2) is 24.8 Å². The second-order valence-corrected chi connectivity index (χ2v) is 4.19. The molecular formula is C12H16ClN3. The van der Waals surface area contributed by atoms with Crippen LogP contribution in [0.2, 0.25) is 0 Å². The number of para-hydroxylation sites is 2. The fourth-order valence-corrected chi connectivity index (χ4v) is 2.03. The summed E-state index contributed by atoms with van der Waals surface area (Å²) >= 11 is 5.64. The van der Waals surface area contributed by atoms with Gasteiger partial charge in [0.05, 0.1) is 17.3 Å². The summed E-state index contributed by atoms with van der Waals surface area (Å²) in [5.74, 6) is 0.738. The monoisotopic (exact) mass is 237 g/mol. The molecule has 1 heterocycles. The molecule has 1 aromatic carbocycles. The van der Waals surface area contributed by atoms with Gasteiger partial charge in [-0.05, 0) is 25.0 Å². The summed E-state index contributed by atoms with van der Waals surface area (Å²) in [5.41, 5.74) is 7.75. The fraction of sp³-hybridized carbons (Fsp3) is 0.417. The van der Waals surface area contributed by atoms with Gasteiger partial charge < -0.3 is 10.6 Å². The number of halogens is 1. The lowest BCUT2D eigenvalue weighted by Gasteiger charge is -2.19. The van der Waals surface area contributed by atoms with Crippen molar-refractivity contribution < 1.29 is 0 Å². The van der Waals surface area contributed by atoms with Crippen molar-refractivity contribution in [2.45, 2.75) is 12.8 Å². The Labute approximate surface area is 101 Å². The van der Waals surface area contributed by atoms with E-state index in [1.165, 1.54) is 12.8 Å². The first-order chi connectivity index (χ1) is 7.81. The SMILES string of the molecule is NC(CCl)=Nc1ccccc1N1CCCC1. The first-order valence-electron chi connectivity index (χ1n) is 5.54. The van der Waals surface area contributed by atoms with Gasteiger partial charge in [0.2, 0.25) is 0 Å². The van der Waals surface area contributed by atoms with E-state index in [-0.39, 0.29) is 5.88 Å². The summed E-state index contributed by atoms with van der Waals surface area (Å²) in [5, 5.41) is 0. The highest BCUT2D eigenvalue weighted by atomic mass is 35.5. The fourth-order valence-electron chi connectivity index (χ4n) is 1.97. The number of hydrogen-bond donors (Lipinski definition) is 1. The highest BCUT2D eigenvalue weighted by Crippen LogP contribution is 2.30. The molecule has 2 rings (SSSR count). The van der Waals surface area contributed by atoms with Crippen LogP contribution in [0.5, 0.6) is 0 Å². The van der Waals surface area contributed by atoms with Crippen LogP contribution in [0.25, 0.3) is 0 Å². The summed E-state index contributed by atoms with van der Waals surface area (Å²) in [7, 11) is 0. The van der Waals surface area contributed by atoms with Crippen molar-refractivity contribution >= 4 is 28.8 Å². The summed E-state index contributed by atoms with van der Waals surface area (Å²) in [4.78, 5) is 6.69. The van der Waals surface area contributed by atoms with E-state index in [9.17, 15) is 0 Å². The number of aliphatic imine (C=N–C) groups is 1. The van der Waals surface area contributed by atoms with Crippen LogP contribution in [0.15, 0.2) is 29.3 Å². The van der Waals surface area contributed by atoms with Gasteiger partial charge >= 0.3 is 0 Å². The van der Waals surface area contributed by atoms with Crippen molar-refractivity contribution in [3.8, 4) is 0 Å². The molecule has 0 atom stereocenters. The van der Waals surface area contributed by atoms with Gasteiger partial charge in [0, 0.05) is 13.1 Å². The number of alkyl halides is 1. The molecule has 1 aliphatic heterocycles. The van der Waals surface area contributed by atoms with E-state index in [0.29, 0.717) is 5.84 Å². The molecule has 1 aromatic rings. The molecule has 0 aromatic heterocycles. The number of rotatable bonds is 3. The van der Waals surface area contributed by atoms with Gasteiger partial charge in [-0.25, -0.2) is 4.99 Å². The lowest BCUT2D eigenvalue weighted by molar-refractivity contribution is 0.949. The first-order valence-corrected chi connectivity index (χ1v) is 6.07. The summed E-state index contributed by atoms with van der Waals surface area (Å²) in [6.45, 7) is 2.21. The summed E-state index contributed by atoms with van der Waals surface area (Å²) < 4.78 is 0. The van der Waals surface area contributed by atoms with E-state index in [0.717, 1.165) is 24.5 Å². The maximum atomic E-state index is 5.67. The minimum Gasteiger partial charge on any atom is -0.386 e. The van der Waals surface area contributed by atoms with Gasteiger partial charge in [-0.3, -0.25) is 0 Å². The molecule has 0 spiro atoms. The zero-order valence-corrected chi connectivity index (χ0v) is 9.95. The number of nitrogens with two attached hydrogens (primary N) is 1. The summed E-state index contributed by atoms with van der Waals surface area (Å²) in [6.07, 6.45) is 2.51. The van der Waals surface area contributed by atoms with Crippen molar-refractivity contribution in [3.63, 3.8) is 0 Å². The third-order valence-corrected chi connectivity index (χ3v) is 3.00. The number of benzene rings is 1. The van der Waals surface area contributed by atoms with Crippen molar-refractivity contribution in [2.24, 2.45) is 10.7 Å². The van der Waals surface area contributed by atoms with Crippen molar-refractivity contribution in [3.05, 3.63) is 24.3 Å². The largest absolute Gasteiger partial charge is 0.386 e. The molecule has 0 amide bonds. The van der Waals surface area contributed by atoms with Gasteiger partial charge in [0.1, 0.15) is 5.84 Å². The molecule has 2 N–H and O–H groups in total. The van der Waals surface area contributed by atoms with Crippen LogP contribution in [0.1, 0.15) is 12.8 Å². The number of amidine groups is 1. The first kappa shape index (κ1) is 11.3. The Kier molecular flexibility index (Phi) is 3.67.